The van der Waals surface area contributed by atoms with Crippen LogP contribution in [-0.2, 0) is 11.3 Å². The lowest BCUT2D eigenvalue weighted by Crippen LogP contribution is -2.38. The van der Waals surface area contributed by atoms with E-state index in [1.54, 1.807) is 24.1 Å². The van der Waals surface area contributed by atoms with Crippen molar-refractivity contribution in [3.63, 3.8) is 0 Å². The van der Waals surface area contributed by atoms with E-state index in [4.69, 9.17) is 4.74 Å². The molecule has 0 bridgehead atoms. The Morgan fingerprint density at radius 2 is 1.88 bits per heavy atom. The van der Waals surface area contributed by atoms with Gasteiger partial charge in [-0.15, -0.1) is 0 Å². The molecule has 26 heavy (non-hydrogen) atoms. The van der Waals surface area contributed by atoms with Gasteiger partial charge in [-0.1, -0.05) is 37.3 Å². The SMILES string of the molecule is CNC(=O)COc1ccc(CNC(=O)N2C[C@@H](C)c3ccccc32)cc1. The molecule has 2 aromatic carbocycles. The molecule has 2 N–H and O–H groups in total. The number of ether oxygens (including phenoxy) is 1. The third kappa shape index (κ3) is 3.96. The third-order valence-corrected chi connectivity index (χ3v) is 4.48. The summed E-state index contributed by atoms with van der Waals surface area (Å²) in [5.74, 6) is 0.779. The second-order valence-corrected chi connectivity index (χ2v) is 6.33. The van der Waals surface area contributed by atoms with Gasteiger partial charge >= 0.3 is 6.03 Å². The molecule has 1 heterocycles. The summed E-state index contributed by atoms with van der Waals surface area (Å²) in [6.07, 6.45) is 0. The van der Waals surface area contributed by atoms with Crippen LogP contribution in [0.4, 0.5) is 10.5 Å². The van der Waals surface area contributed by atoms with Gasteiger partial charge in [-0.2, -0.15) is 0 Å². The number of fused-ring (bicyclic) bond motifs is 1. The smallest absolute Gasteiger partial charge is 0.322 e. The Morgan fingerprint density at radius 3 is 2.62 bits per heavy atom. The van der Waals surface area contributed by atoms with Crippen LogP contribution in [0.3, 0.4) is 0 Å². The predicted molar refractivity (Wildman–Crippen MR) is 100 cm³/mol. The lowest BCUT2D eigenvalue weighted by atomic mass is 10.0. The van der Waals surface area contributed by atoms with E-state index in [0.29, 0.717) is 24.8 Å². The van der Waals surface area contributed by atoms with Crippen molar-refractivity contribution in [3.8, 4) is 5.75 Å². The van der Waals surface area contributed by atoms with Crippen LogP contribution in [0.25, 0.3) is 0 Å². The first-order valence-electron chi connectivity index (χ1n) is 8.65. The van der Waals surface area contributed by atoms with Gasteiger partial charge in [0.05, 0.1) is 0 Å². The number of benzene rings is 2. The van der Waals surface area contributed by atoms with Crippen LogP contribution < -0.4 is 20.3 Å². The molecule has 3 rings (SSSR count). The lowest BCUT2D eigenvalue weighted by molar-refractivity contribution is -0.122. The summed E-state index contributed by atoms with van der Waals surface area (Å²) in [5.41, 5.74) is 3.15. The highest BCUT2D eigenvalue weighted by Crippen LogP contribution is 2.35. The number of urea groups is 1. The maximum Gasteiger partial charge on any atom is 0.322 e. The Hall–Kier alpha value is -3.02. The van der Waals surface area contributed by atoms with Gasteiger partial charge < -0.3 is 15.4 Å². The molecule has 1 atom stereocenters. The Labute approximate surface area is 153 Å². The Kier molecular flexibility index (Phi) is 5.41. The van der Waals surface area contributed by atoms with Crippen molar-refractivity contribution in [2.45, 2.75) is 19.4 Å². The van der Waals surface area contributed by atoms with Crippen LogP contribution in [0.1, 0.15) is 24.0 Å². The minimum absolute atomic E-state index is 0.0147. The van der Waals surface area contributed by atoms with E-state index in [1.807, 2.05) is 30.3 Å². The van der Waals surface area contributed by atoms with Gasteiger partial charge in [0.25, 0.3) is 5.91 Å². The minimum atomic E-state index is -0.179. The number of carbonyl (C=O) groups is 2. The van der Waals surface area contributed by atoms with Crippen LogP contribution in [0.2, 0.25) is 0 Å². The fraction of sp³-hybridized carbons (Fsp3) is 0.300. The molecule has 6 heteroatoms. The average molecular weight is 353 g/mol. The summed E-state index contributed by atoms with van der Waals surface area (Å²) in [4.78, 5) is 25.5. The average Bonchev–Trinajstić information content (AvgIpc) is 3.02. The highest BCUT2D eigenvalue weighted by Gasteiger charge is 2.29. The highest BCUT2D eigenvalue weighted by molar-refractivity contribution is 5.94. The zero-order valence-corrected chi connectivity index (χ0v) is 15.0. The van der Waals surface area contributed by atoms with Gasteiger partial charge in [-0.3, -0.25) is 9.69 Å². The standard InChI is InChI=1S/C20H23N3O3/c1-14-12-23(18-6-4-3-5-17(14)18)20(25)22-11-15-7-9-16(10-8-15)26-13-19(24)21-2/h3-10,14H,11-13H2,1-2H3,(H,21,24)(H,22,25)/t14-/m1/s1. The Bertz CT molecular complexity index is 789. The molecule has 0 aliphatic carbocycles. The van der Waals surface area contributed by atoms with Crippen LogP contribution >= 0.6 is 0 Å². The number of nitrogens with zero attached hydrogens (tertiary/aromatic N) is 1. The number of amides is 3. The number of hydrogen-bond acceptors (Lipinski definition) is 3. The quantitative estimate of drug-likeness (QED) is 0.868. The maximum atomic E-state index is 12.6. The van der Waals surface area contributed by atoms with Crippen LogP contribution in [0.5, 0.6) is 5.75 Å². The molecule has 0 spiro atoms. The first-order valence-corrected chi connectivity index (χ1v) is 8.65. The van der Waals surface area contributed by atoms with Crippen molar-refractivity contribution in [3.05, 3.63) is 59.7 Å². The molecule has 0 fully saturated rings. The summed E-state index contributed by atoms with van der Waals surface area (Å²) in [6.45, 7) is 3.24. The van der Waals surface area contributed by atoms with Crippen molar-refractivity contribution in [2.24, 2.45) is 0 Å². The van der Waals surface area contributed by atoms with Gasteiger partial charge in [0.1, 0.15) is 5.75 Å². The topological polar surface area (TPSA) is 70.7 Å². The minimum Gasteiger partial charge on any atom is -0.484 e. The molecule has 0 unspecified atom stereocenters. The normalized spacial score (nSPS) is 15.3. The summed E-state index contributed by atoms with van der Waals surface area (Å²) < 4.78 is 5.36. The number of para-hydroxylation sites is 1. The predicted octanol–water partition coefficient (Wildman–Crippen LogP) is 2.64. The number of hydrogen-bond donors (Lipinski definition) is 2. The monoisotopic (exact) mass is 353 g/mol. The third-order valence-electron chi connectivity index (χ3n) is 4.48. The lowest BCUT2D eigenvalue weighted by Gasteiger charge is -2.18. The molecule has 2 aromatic rings. The number of likely N-dealkylation sites (N-methyl/N-ethyl adjacent to an activating group) is 1. The molecular weight excluding hydrogens is 330 g/mol. The summed E-state index contributed by atoms with van der Waals surface area (Å²) in [6, 6.07) is 15.2. The van der Waals surface area contributed by atoms with E-state index in [9.17, 15) is 9.59 Å². The maximum absolute atomic E-state index is 12.6. The van der Waals surface area contributed by atoms with E-state index in [1.165, 1.54) is 5.56 Å². The van der Waals surface area contributed by atoms with Crippen molar-refractivity contribution in [1.29, 1.82) is 0 Å². The largest absolute Gasteiger partial charge is 0.484 e. The van der Waals surface area contributed by atoms with Gasteiger partial charge in [0, 0.05) is 31.7 Å². The fourth-order valence-electron chi connectivity index (χ4n) is 3.01. The molecule has 0 aromatic heterocycles. The summed E-state index contributed by atoms with van der Waals surface area (Å²) in [5, 5.41) is 5.46. The highest BCUT2D eigenvalue weighted by atomic mass is 16.5. The fourth-order valence-corrected chi connectivity index (χ4v) is 3.01. The molecule has 3 amide bonds. The zero-order chi connectivity index (χ0) is 18.5. The van der Waals surface area contributed by atoms with Crippen LogP contribution in [0.15, 0.2) is 48.5 Å². The van der Waals surface area contributed by atoms with Crippen molar-refractivity contribution in [1.82, 2.24) is 10.6 Å². The number of carbonyl (C=O) groups excluding carboxylic acids is 2. The van der Waals surface area contributed by atoms with Crippen LogP contribution in [-0.4, -0.2) is 32.1 Å². The van der Waals surface area contributed by atoms with Crippen LogP contribution in [0, 0.1) is 0 Å². The van der Waals surface area contributed by atoms with E-state index in [0.717, 1.165) is 11.3 Å². The van der Waals surface area contributed by atoms with E-state index >= 15 is 0 Å². The van der Waals surface area contributed by atoms with Gasteiger partial charge in [0.15, 0.2) is 6.61 Å². The summed E-state index contributed by atoms with van der Waals surface area (Å²) >= 11 is 0. The van der Waals surface area contributed by atoms with Crippen molar-refractivity contribution >= 4 is 17.6 Å². The molecule has 0 saturated carbocycles. The number of rotatable bonds is 5. The molecule has 136 valence electrons. The summed E-state index contributed by atoms with van der Waals surface area (Å²) in [7, 11) is 1.57. The first-order chi connectivity index (χ1) is 12.6. The molecule has 1 aliphatic heterocycles. The first kappa shape index (κ1) is 17.8. The second kappa shape index (κ2) is 7.91. The van der Waals surface area contributed by atoms with E-state index < -0.39 is 0 Å². The molecule has 0 radical (unpaired) electrons. The Balaban J connectivity index is 1.54. The van der Waals surface area contributed by atoms with E-state index in [2.05, 4.69) is 23.6 Å². The zero-order valence-electron chi connectivity index (χ0n) is 15.0. The van der Waals surface area contributed by atoms with Gasteiger partial charge in [-0.05, 0) is 29.3 Å². The number of nitrogens with one attached hydrogen (secondary N) is 2. The van der Waals surface area contributed by atoms with E-state index in [-0.39, 0.29) is 18.5 Å². The van der Waals surface area contributed by atoms with Crippen molar-refractivity contribution < 1.29 is 14.3 Å². The second-order valence-electron chi connectivity index (χ2n) is 6.33. The molecular formula is C20H23N3O3. The molecule has 1 aliphatic rings. The number of anilines is 1. The molecule has 6 nitrogen and oxygen atoms in total. The Morgan fingerprint density at radius 1 is 1.15 bits per heavy atom. The van der Waals surface area contributed by atoms with Crippen molar-refractivity contribution in [2.75, 3.05) is 25.1 Å². The van der Waals surface area contributed by atoms with Gasteiger partial charge in [0.2, 0.25) is 0 Å². The molecule has 0 saturated heterocycles. The van der Waals surface area contributed by atoms with Gasteiger partial charge in [-0.25, -0.2) is 4.79 Å².